The Balaban J connectivity index is 1.77. The second-order valence-electron chi connectivity index (χ2n) is 4.88. The maximum absolute atomic E-state index is 12.0. The second kappa shape index (κ2) is 7.54. The van der Waals surface area contributed by atoms with Crippen molar-refractivity contribution in [2.24, 2.45) is 5.73 Å². The fourth-order valence-electron chi connectivity index (χ4n) is 2.08. The normalized spacial score (nSPS) is 12.1. The predicted molar refractivity (Wildman–Crippen MR) is 80.3 cm³/mol. The SMILES string of the molecule is CCn1cnnc1CNC(=O)C(N)CCc1ccccc1. The van der Waals surface area contributed by atoms with Crippen LogP contribution in [-0.2, 0) is 24.3 Å². The highest BCUT2D eigenvalue weighted by atomic mass is 16.2. The van der Waals surface area contributed by atoms with E-state index < -0.39 is 6.04 Å². The Bertz CT molecular complexity index is 566. The van der Waals surface area contributed by atoms with Gasteiger partial charge in [-0.1, -0.05) is 30.3 Å². The summed E-state index contributed by atoms with van der Waals surface area (Å²) in [6, 6.07) is 9.50. The Morgan fingerprint density at radius 1 is 1.38 bits per heavy atom. The number of aryl methyl sites for hydroxylation is 2. The number of nitrogens with zero attached hydrogens (tertiary/aromatic N) is 3. The molecule has 1 heterocycles. The summed E-state index contributed by atoms with van der Waals surface area (Å²) in [5, 5.41) is 10.6. The highest BCUT2D eigenvalue weighted by Crippen LogP contribution is 2.04. The molecule has 1 atom stereocenters. The largest absolute Gasteiger partial charge is 0.347 e. The minimum absolute atomic E-state index is 0.156. The molecule has 1 amide bonds. The van der Waals surface area contributed by atoms with Crippen LogP contribution in [0.15, 0.2) is 36.7 Å². The number of aromatic nitrogens is 3. The summed E-state index contributed by atoms with van der Waals surface area (Å²) in [5.74, 6) is 0.581. The molecule has 1 unspecified atom stereocenters. The van der Waals surface area contributed by atoms with Crippen molar-refractivity contribution in [2.45, 2.75) is 38.9 Å². The molecule has 112 valence electrons. The highest BCUT2D eigenvalue weighted by Gasteiger charge is 2.14. The van der Waals surface area contributed by atoms with Crippen LogP contribution >= 0.6 is 0 Å². The van der Waals surface area contributed by atoms with Crippen molar-refractivity contribution >= 4 is 5.91 Å². The van der Waals surface area contributed by atoms with E-state index in [-0.39, 0.29) is 5.91 Å². The van der Waals surface area contributed by atoms with Crippen molar-refractivity contribution in [2.75, 3.05) is 0 Å². The zero-order valence-electron chi connectivity index (χ0n) is 12.2. The van der Waals surface area contributed by atoms with Crippen LogP contribution in [0.2, 0.25) is 0 Å². The van der Waals surface area contributed by atoms with E-state index >= 15 is 0 Å². The molecule has 0 bridgehead atoms. The number of carbonyl (C=O) groups is 1. The van der Waals surface area contributed by atoms with Gasteiger partial charge >= 0.3 is 0 Å². The Hall–Kier alpha value is -2.21. The molecule has 1 aromatic carbocycles. The number of hydrogen-bond acceptors (Lipinski definition) is 4. The average Bonchev–Trinajstić information content (AvgIpc) is 2.98. The van der Waals surface area contributed by atoms with Crippen LogP contribution < -0.4 is 11.1 Å². The first-order valence-corrected chi connectivity index (χ1v) is 7.14. The first-order valence-electron chi connectivity index (χ1n) is 7.14. The lowest BCUT2D eigenvalue weighted by Crippen LogP contribution is -2.40. The molecule has 0 spiro atoms. The van der Waals surface area contributed by atoms with Crippen LogP contribution in [0.1, 0.15) is 24.7 Å². The molecule has 0 fully saturated rings. The van der Waals surface area contributed by atoms with Gasteiger partial charge in [-0.05, 0) is 25.3 Å². The topological polar surface area (TPSA) is 85.8 Å². The third kappa shape index (κ3) is 4.39. The van der Waals surface area contributed by atoms with Crippen molar-refractivity contribution in [3.63, 3.8) is 0 Å². The van der Waals surface area contributed by atoms with Crippen molar-refractivity contribution in [1.29, 1.82) is 0 Å². The number of hydrogen-bond donors (Lipinski definition) is 2. The molecule has 0 aliphatic carbocycles. The fourth-order valence-corrected chi connectivity index (χ4v) is 2.08. The van der Waals surface area contributed by atoms with E-state index in [9.17, 15) is 4.79 Å². The summed E-state index contributed by atoms with van der Waals surface area (Å²) in [5.41, 5.74) is 7.11. The van der Waals surface area contributed by atoms with Crippen molar-refractivity contribution in [1.82, 2.24) is 20.1 Å². The zero-order chi connectivity index (χ0) is 15.1. The van der Waals surface area contributed by atoms with Crippen LogP contribution in [0.3, 0.4) is 0 Å². The molecule has 0 radical (unpaired) electrons. The number of nitrogens with two attached hydrogens (primary N) is 1. The molecule has 6 nitrogen and oxygen atoms in total. The van der Waals surface area contributed by atoms with Gasteiger partial charge in [0.25, 0.3) is 0 Å². The first-order chi connectivity index (χ1) is 10.2. The van der Waals surface area contributed by atoms with Crippen molar-refractivity contribution in [3.05, 3.63) is 48.0 Å². The van der Waals surface area contributed by atoms with Gasteiger partial charge in [-0.15, -0.1) is 10.2 Å². The van der Waals surface area contributed by atoms with Crippen LogP contribution in [0.25, 0.3) is 0 Å². The van der Waals surface area contributed by atoms with Crippen LogP contribution in [0.4, 0.5) is 0 Å². The van der Waals surface area contributed by atoms with Crippen molar-refractivity contribution in [3.8, 4) is 0 Å². The summed E-state index contributed by atoms with van der Waals surface area (Å²) >= 11 is 0. The number of amides is 1. The van der Waals surface area contributed by atoms with Crippen LogP contribution in [0, 0.1) is 0 Å². The number of nitrogens with one attached hydrogen (secondary N) is 1. The maximum atomic E-state index is 12.0. The average molecular weight is 287 g/mol. The molecule has 0 saturated heterocycles. The molecule has 0 saturated carbocycles. The van der Waals surface area contributed by atoms with E-state index in [2.05, 4.69) is 15.5 Å². The zero-order valence-corrected chi connectivity index (χ0v) is 12.2. The molecule has 0 aliphatic heterocycles. The summed E-state index contributed by atoms with van der Waals surface area (Å²) in [7, 11) is 0. The molecule has 1 aromatic heterocycles. The molecule has 2 rings (SSSR count). The fraction of sp³-hybridized carbons (Fsp3) is 0.400. The van der Waals surface area contributed by atoms with Crippen LogP contribution in [0.5, 0.6) is 0 Å². The number of benzene rings is 1. The molecule has 2 aromatic rings. The third-order valence-electron chi connectivity index (χ3n) is 3.38. The lowest BCUT2D eigenvalue weighted by atomic mass is 10.1. The van der Waals surface area contributed by atoms with Gasteiger partial charge in [-0.3, -0.25) is 4.79 Å². The molecular weight excluding hydrogens is 266 g/mol. The minimum atomic E-state index is -0.511. The van der Waals surface area contributed by atoms with Gasteiger partial charge in [0.05, 0.1) is 12.6 Å². The lowest BCUT2D eigenvalue weighted by molar-refractivity contribution is -0.122. The lowest BCUT2D eigenvalue weighted by Gasteiger charge is -2.12. The standard InChI is InChI=1S/C15H21N5O/c1-2-20-11-18-19-14(20)10-17-15(21)13(16)9-8-12-6-4-3-5-7-12/h3-7,11,13H,2,8-10,16H2,1H3,(H,17,21). The molecular formula is C15H21N5O. The monoisotopic (exact) mass is 287 g/mol. The van der Waals surface area contributed by atoms with Crippen LogP contribution in [-0.4, -0.2) is 26.7 Å². The van der Waals surface area contributed by atoms with Crippen molar-refractivity contribution < 1.29 is 4.79 Å². The third-order valence-corrected chi connectivity index (χ3v) is 3.38. The second-order valence-corrected chi connectivity index (χ2v) is 4.88. The van der Waals surface area contributed by atoms with E-state index in [1.807, 2.05) is 41.8 Å². The van der Waals surface area contributed by atoms with Gasteiger partial charge < -0.3 is 15.6 Å². The van der Waals surface area contributed by atoms with Gasteiger partial charge in [-0.25, -0.2) is 0 Å². The molecule has 21 heavy (non-hydrogen) atoms. The molecule has 0 aliphatic rings. The maximum Gasteiger partial charge on any atom is 0.237 e. The molecule has 6 heteroatoms. The van der Waals surface area contributed by atoms with Gasteiger partial charge in [0.2, 0.25) is 5.91 Å². The minimum Gasteiger partial charge on any atom is -0.347 e. The summed E-state index contributed by atoms with van der Waals surface area (Å²) in [4.78, 5) is 12.0. The summed E-state index contributed by atoms with van der Waals surface area (Å²) in [6.45, 7) is 3.13. The Morgan fingerprint density at radius 3 is 2.86 bits per heavy atom. The predicted octanol–water partition coefficient (Wildman–Crippen LogP) is 0.874. The van der Waals surface area contributed by atoms with E-state index in [1.54, 1.807) is 6.33 Å². The van der Waals surface area contributed by atoms with Gasteiger partial charge in [-0.2, -0.15) is 0 Å². The van der Waals surface area contributed by atoms with Gasteiger partial charge in [0.15, 0.2) is 5.82 Å². The van der Waals surface area contributed by atoms with E-state index in [0.717, 1.165) is 18.8 Å². The highest BCUT2D eigenvalue weighted by molar-refractivity contribution is 5.81. The van der Waals surface area contributed by atoms with Gasteiger partial charge in [0, 0.05) is 6.54 Å². The quantitative estimate of drug-likeness (QED) is 0.791. The Kier molecular flexibility index (Phi) is 5.45. The smallest absolute Gasteiger partial charge is 0.237 e. The Labute approximate surface area is 124 Å². The Morgan fingerprint density at radius 2 is 2.14 bits per heavy atom. The molecule has 3 N–H and O–H groups in total. The number of carbonyl (C=O) groups excluding carboxylic acids is 1. The van der Waals surface area contributed by atoms with Gasteiger partial charge in [0.1, 0.15) is 6.33 Å². The van der Waals surface area contributed by atoms with E-state index in [4.69, 9.17) is 5.73 Å². The first kappa shape index (κ1) is 15.2. The van der Waals surface area contributed by atoms with E-state index in [0.29, 0.717) is 13.0 Å². The summed E-state index contributed by atoms with van der Waals surface area (Å²) in [6.07, 6.45) is 3.06. The number of rotatable bonds is 7. The van der Waals surface area contributed by atoms with E-state index in [1.165, 1.54) is 5.56 Å². The summed E-state index contributed by atoms with van der Waals surface area (Å²) < 4.78 is 1.88.